The highest BCUT2D eigenvalue weighted by atomic mass is 16.5. The van der Waals surface area contributed by atoms with E-state index in [2.05, 4.69) is 0 Å². The number of hydrogen-bond donors (Lipinski definition) is 0. The van der Waals surface area contributed by atoms with E-state index in [9.17, 15) is 4.79 Å². The molecule has 2 aliphatic rings. The third-order valence-corrected chi connectivity index (χ3v) is 2.56. The van der Waals surface area contributed by atoms with Crippen molar-refractivity contribution in [3.63, 3.8) is 0 Å². The summed E-state index contributed by atoms with van der Waals surface area (Å²) in [5, 5.41) is 0. The van der Waals surface area contributed by atoms with Crippen molar-refractivity contribution in [2.45, 2.75) is 19.3 Å². The number of ketones is 1. The second-order valence-corrected chi connectivity index (χ2v) is 3.54. The molecule has 0 radical (unpaired) electrons. The van der Waals surface area contributed by atoms with Gasteiger partial charge in [0.15, 0.2) is 5.78 Å². The molecule has 0 aromatic heterocycles. The Morgan fingerprint density at radius 1 is 1.46 bits per heavy atom. The molecule has 0 spiro atoms. The van der Waals surface area contributed by atoms with Gasteiger partial charge in [0.2, 0.25) is 0 Å². The smallest absolute Gasteiger partial charge is 0.167 e. The molecule has 0 aromatic rings. The van der Waals surface area contributed by atoms with Crippen LogP contribution in [0.1, 0.15) is 19.3 Å². The molecule has 3 heteroatoms. The van der Waals surface area contributed by atoms with Gasteiger partial charge < -0.3 is 9.47 Å². The first kappa shape index (κ1) is 8.75. The van der Waals surface area contributed by atoms with E-state index in [1.165, 1.54) is 0 Å². The van der Waals surface area contributed by atoms with Crippen molar-refractivity contribution in [1.82, 2.24) is 0 Å². The summed E-state index contributed by atoms with van der Waals surface area (Å²) in [6, 6.07) is 0. The molecule has 13 heavy (non-hydrogen) atoms. The predicted molar refractivity (Wildman–Crippen MR) is 47.2 cm³/mol. The van der Waals surface area contributed by atoms with Crippen LogP contribution in [0.3, 0.4) is 0 Å². The lowest BCUT2D eigenvalue weighted by molar-refractivity contribution is -0.123. The lowest BCUT2D eigenvalue weighted by Gasteiger charge is -2.20. The summed E-state index contributed by atoms with van der Waals surface area (Å²) in [5.74, 6) is 0.318. The minimum Gasteiger partial charge on any atom is -0.500 e. The number of Topliss-reactive ketones (excluding diaryl/α,β-unsaturated/α-hetero) is 1. The number of carbonyl (C=O) groups is 1. The molecule has 72 valence electrons. The number of ether oxygens (including phenoxy) is 2. The Balaban J connectivity index is 1.94. The Morgan fingerprint density at radius 3 is 3.00 bits per heavy atom. The van der Waals surface area contributed by atoms with Gasteiger partial charge in [-0.25, -0.2) is 0 Å². The van der Waals surface area contributed by atoms with Crippen molar-refractivity contribution >= 4 is 5.78 Å². The Kier molecular flexibility index (Phi) is 2.64. The molecule has 1 fully saturated rings. The van der Waals surface area contributed by atoms with Crippen LogP contribution in [0.15, 0.2) is 11.8 Å². The minimum absolute atomic E-state index is 0.0849. The van der Waals surface area contributed by atoms with Crippen molar-refractivity contribution in [1.29, 1.82) is 0 Å². The molecule has 0 amide bonds. The highest BCUT2D eigenvalue weighted by molar-refractivity contribution is 5.97. The Bertz CT molecular complexity index is 226. The molecule has 3 nitrogen and oxygen atoms in total. The van der Waals surface area contributed by atoms with Crippen LogP contribution in [0.2, 0.25) is 0 Å². The molecular weight excluding hydrogens is 168 g/mol. The van der Waals surface area contributed by atoms with Gasteiger partial charge in [0.05, 0.1) is 19.5 Å². The quantitative estimate of drug-likeness (QED) is 0.645. The molecular formula is C10H14O3. The fourth-order valence-corrected chi connectivity index (χ4v) is 1.78. The van der Waals surface area contributed by atoms with E-state index < -0.39 is 0 Å². The maximum atomic E-state index is 11.8. The molecule has 1 unspecified atom stereocenters. The van der Waals surface area contributed by atoms with Gasteiger partial charge in [-0.15, -0.1) is 0 Å². The van der Waals surface area contributed by atoms with Crippen LogP contribution in [0.4, 0.5) is 0 Å². The van der Waals surface area contributed by atoms with Crippen molar-refractivity contribution in [2.24, 2.45) is 5.92 Å². The highest BCUT2D eigenvalue weighted by Crippen LogP contribution is 2.22. The molecule has 0 bridgehead atoms. The van der Waals surface area contributed by atoms with Gasteiger partial charge in [-0.05, 0) is 12.8 Å². The average molecular weight is 182 g/mol. The maximum absolute atomic E-state index is 11.8. The topological polar surface area (TPSA) is 35.5 Å². The highest BCUT2D eigenvalue weighted by Gasteiger charge is 2.26. The van der Waals surface area contributed by atoms with Crippen molar-refractivity contribution in [3.05, 3.63) is 11.8 Å². The van der Waals surface area contributed by atoms with Gasteiger partial charge in [0.25, 0.3) is 0 Å². The molecule has 1 atom stereocenters. The van der Waals surface area contributed by atoms with E-state index in [1.807, 2.05) is 0 Å². The minimum atomic E-state index is 0.0849. The zero-order valence-electron chi connectivity index (χ0n) is 7.62. The summed E-state index contributed by atoms with van der Waals surface area (Å²) in [7, 11) is 0. The normalized spacial score (nSPS) is 28.0. The monoisotopic (exact) mass is 182 g/mol. The summed E-state index contributed by atoms with van der Waals surface area (Å²) in [6.07, 6.45) is 4.35. The summed E-state index contributed by atoms with van der Waals surface area (Å²) < 4.78 is 10.3. The van der Waals surface area contributed by atoms with Crippen LogP contribution in [0, 0.1) is 5.92 Å². The van der Waals surface area contributed by atoms with E-state index in [1.54, 1.807) is 6.26 Å². The maximum Gasteiger partial charge on any atom is 0.167 e. The summed E-state index contributed by atoms with van der Waals surface area (Å²) in [5.41, 5.74) is 0.843. The lowest BCUT2D eigenvalue weighted by atomic mass is 9.92. The third-order valence-electron chi connectivity index (χ3n) is 2.56. The number of rotatable bonds is 2. The van der Waals surface area contributed by atoms with Crippen LogP contribution < -0.4 is 0 Å². The van der Waals surface area contributed by atoms with Gasteiger partial charge in [0, 0.05) is 24.5 Å². The van der Waals surface area contributed by atoms with Crippen LogP contribution >= 0.6 is 0 Å². The fraction of sp³-hybridized carbons (Fsp3) is 0.700. The van der Waals surface area contributed by atoms with Crippen molar-refractivity contribution in [3.8, 4) is 0 Å². The molecule has 0 N–H and O–H groups in total. The van der Waals surface area contributed by atoms with Gasteiger partial charge in [-0.3, -0.25) is 4.79 Å². The van der Waals surface area contributed by atoms with E-state index in [0.29, 0.717) is 13.2 Å². The third kappa shape index (κ3) is 1.91. The predicted octanol–water partition coefficient (Wildman–Crippen LogP) is 1.29. The molecule has 2 aliphatic heterocycles. The van der Waals surface area contributed by atoms with E-state index in [-0.39, 0.29) is 11.7 Å². The Labute approximate surface area is 77.7 Å². The number of hydrogen-bond acceptors (Lipinski definition) is 3. The fourth-order valence-electron chi connectivity index (χ4n) is 1.78. The van der Waals surface area contributed by atoms with E-state index in [4.69, 9.17) is 9.47 Å². The van der Waals surface area contributed by atoms with Gasteiger partial charge in [0.1, 0.15) is 0 Å². The van der Waals surface area contributed by atoms with E-state index >= 15 is 0 Å². The van der Waals surface area contributed by atoms with Crippen molar-refractivity contribution in [2.75, 3.05) is 19.8 Å². The first-order chi connectivity index (χ1) is 6.38. The second kappa shape index (κ2) is 3.92. The van der Waals surface area contributed by atoms with Crippen LogP contribution in [0.5, 0.6) is 0 Å². The molecule has 0 saturated carbocycles. The Hall–Kier alpha value is -0.830. The van der Waals surface area contributed by atoms with Crippen LogP contribution in [-0.2, 0) is 14.3 Å². The lowest BCUT2D eigenvalue weighted by Crippen LogP contribution is -2.26. The van der Waals surface area contributed by atoms with Gasteiger partial charge in [-0.1, -0.05) is 0 Å². The molecule has 2 rings (SSSR count). The Morgan fingerprint density at radius 2 is 2.38 bits per heavy atom. The summed E-state index contributed by atoms with van der Waals surface area (Å²) in [4.78, 5) is 11.8. The van der Waals surface area contributed by atoms with Gasteiger partial charge in [-0.2, -0.15) is 0 Å². The zero-order chi connectivity index (χ0) is 9.10. The SMILES string of the molecule is O=C(C1=COCC1)C1CCCOC1. The number of carbonyl (C=O) groups excluding carboxylic acids is 1. The molecule has 0 aliphatic carbocycles. The van der Waals surface area contributed by atoms with Crippen LogP contribution in [-0.4, -0.2) is 25.6 Å². The van der Waals surface area contributed by atoms with Gasteiger partial charge >= 0.3 is 0 Å². The molecule has 0 aromatic carbocycles. The summed E-state index contributed by atoms with van der Waals surface area (Å²) in [6.45, 7) is 2.06. The van der Waals surface area contributed by atoms with E-state index in [0.717, 1.165) is 31.4 Å². The van der Waals surface area contributed by atoms with Crippen molar-refractivity contribution < 1.29 is 14.3 Å². The zero-order valence-corrected chi connectivity index (χ0v) is 7.62. The average Bonchev–Trinajstić information content (AvgIpc) is 2.71. The summed E-state index contributed by atoms with van der Waals surface area (Å²) >= 11 is 0. The standard InChI is InChI=1S/C10H14O3/c11-10(9-3-5-13-7-9)8-2-1-4-12-6-8/h7-8H,1-6H2. The van der Waals surface area contributed by atoms with Crippen LogP contribution in [0.25, 0.3) is 0 Å². The first-order valence-corrected chi connectivity index (χ1v) is 4.80. The molecule has 1 saturated heterocycles. The second-order valence-electron chi connectivity index (χ2n) is 3.54. The molecule has 2 heterocycles. The largest absolute Gasteiger partial charge is 0.500 e. The first-order valence-electron chi connectivity index (χ1n) is 4.80.